The van der Waals surface area contributed by atoms with Crippen LogP contribution in [-0.2, 0) is 6.54 Å². The molecule has 0 saturated heterocycles. The number of aryl methyl sites for hydroxylation is 1. The maximum absolute atomic E-state index is 12.6. The highest BCUT2D eigenvalue weighted by molar-refractivity contribution is 5.94. The standard InChI is InChI=1S/C17H21N3O/c1-3-7-20(12-14-5-4-6-16(18)9-14)17(21)15-8-13(2)10-19-11-15/h4-6,8-11H,3,7,12,18H2,1-2H3. The van der Waals surface area contributed by atoms with Crippen LogP contribution in [0.25, 0.3) is 0 Å². The average molecular weight is 283 g/mol. The van der Waals surface area contributed by atoms with Gasteiger partial charge in [0.15, 0.2) is 0 Å². The minimum Gasteiger partial charge on any atom is -0.399 e. The molecule has 110 valence electrons. The summed E-state index contributed by atoms with van der Waals surface area (Å²) in [6.45, 7) is 5.27. The molecule has 0 fully saturated rings. The Morgan fingerprint density at radius 1 is 1.29 bits per heavy atom. The van der Waals surface area contributed by atoms with Crippen LogP contribution >= 0.6 is 0 Å². The van der Waals surface area contributed by atoms with Crippen LogP contribution in [0.15, 0.2) is 42.7 Å². The van der Waals surface area contributed by atoms with Gasteiger partial charge in [0.2, 0.25) is 0 Å². The number of pyridine rings is 1. The molecular formula is C17H21N3O. The van der Waals surface area contributed by atoms with Gasteiger partial charge in [-0.1, -0.05) is 19.1 Å². The highest BCUT2D eigenvalue weighted by Crippen LogP contribution is 2.13. The number of hydrogen-bond donors (Lipinski definition) is 1. The van der Waals surface area contributed by atoms with E-state index in [4.69, 9.17) is 5.73 Å². The molecule has 2 aromatic rings. The van der Waals surface area contributed by atoms with Crippen molar-refractivity contribution in [3.63, 3.8) is 0 Å². The molecule has 0 radical (unpaired) electrons. The Morgan fingerprint density at radius 2 is 2.10 bits per heavy atom. The van der Waals surface area contributed by atoms with E-state index in [2.05, 4.69) is 11.9 Å². The molecule has 0 aliphatic heterocycles. The molecule has 0 unspecified atom stereocenters. The second kappa shape index (κ2) is 6.88. The number of carbonyl (C=O) groups is 1. The Labute approximate surface area is 125 Å². The summed E-state index contributed by atoms with van der Waals surface area (Å²) in [7, 11) is 0. The number of nitrogen functional groups attached to an aromatic ring is 1. The van der Waals surface area contributed by atoms with Gasteiger partial charge in [-0.15, -0.1) is 0 Å². The van der Waals surface area contributed by atoms with Crippen LogP contribution in [0.5, 0.6) is 0 Å². The van der Waals surface area contributed by atoms with Gasteiger partial charge >= 0.3 is 0 Å². The second-order valence-electron chi connectivity index (χ2n) is 5.22. The smallest absolute Gasteiger partial charge is 0.255 e. The summed E-state index contributed by atoms with van der Waals surface area (Å²) >= 11 is 0. The van der Waals surface area contributed by atoms with E-state index in [-0.39, 0.29) is 5.91 Å². The zero-order valence-corrected chi connectivity index (χ0v) is 12.5. The van der Waals surface area contributed by atoms with Gasteiger partial charge in [0, 0.05) is 31.2 Å². The molecular weight excluding hydrogens is 262 g/mol. The molecule has 0 saturated carbocycles. The monoisotopic (exact) mass is 283 g/mol. The molecule has 21 heavy (non-hydrogen) atoms. The van der Waals surface area contributed by atoms with E-state index in [1.807, 2.05) is 42.2 Å². The summed E-state index contributed by atoms with van der Waals surface area (Å²) in [6.07, 6.45) is 4.28. The van der Waals surface area contributed by atoms with Crippen LogP contribution < -0.4 is 5.73 Å². The van der Waals surface area contributed by atoms with Crippen LogP contribution in [0.4, 0.5) is 5.69 Å². The number of carbonyl (C=O) groups excluding carboxylic acids is 1. The molecule has 1 aromatic heterocycles. The number of aromatic nitrogens is 1. The zero-order valence-electron chi connectivity index (χ0n) is 12.5. The van der Waals surface area contributed by atoms with Gasteiger partial charge in [-0.25, -0.2) is 0 Å². The molecule has 4 nitrogen and oxygen atoms in total. The molecule has 1 heterocycles. The third kappa shape index (κ3) is 4.05. The van der Waals surface area contributed by atoms with Crippen LogP contribution in [-0.4, -0.2) is 22.3 Å². The minimum atomic E-state index is 0.00970. The molecule has 4 heteroatoms. The van der Waals surface area contributed by atoms with Gasteiger partial charge in [-0.2, -0.15) is 0 Å². The molecule has 2 rings (SSSR count). The molecule has 0 bridgehead atoms. The fourth-order valence-corrected chi connectivity index (χ4v) is 2.29. The van der Waals surface area contributed by atoms with Crippen molar-refractivity contribution in [2.24, 2.45) is 0 Å². The predicted molar refractivity (Wildman–Crippen MR) is 84.9 cm³/mol. The number of hydrogen-bond acceptors (Lipinski definition) is 3. The third-order valence-electron chi connectivity index (χ3n) is 3.23. The lowest BCUT2D eigenvalue weighted by molar-refractivity contribution is 0.0742. The fourth-order valence-electron chi connectivity index (χ4n) is 2.29. The molecule has 0 atom stereocenters. The van der Waals surface area contributed by atoms with Crippen LogP contribution in [0.1, 0.15) is 34.8 Å². The van der Waals surface area contributed by atoms with Crippen molar-refractivity contribution in [1.82, 2.24) is 9.88 Å². The van der Waals surface area contributed by atoms with Gasteiger partial charge in [-0.05, 0) is 42.7 Å². The molecule has 1 amide bonds. The fraction of sp³-hybridized carbons (Fsp3) is 0.294. The van der Waals surface area contributed by atoms with Crippen LogP contribution in [0, 0.1) is 6.92 Å². The Morgan fingerprint density at radius 3 is 2.76 bits per heavy atom. The van der Waals surface area contributed by atoms with Crippen molar-refractivity contribution in [1.29, 1.82) is 0 Å². The molecule has 0 aliphatic carbocycles. The number of nitrogens with two attached hydrogens (primary N) is 1. The lowest BCUT2D eigenvalue weighted by Crippen LogP contribution is -2.31. The SMILES string of the molecule is CCCN(Cc1cccc(N)c1)C(=O)c1cncc(C)c1. The molecule has 0 spiro atoms. The summed E-state index contributed by atoms with van der Waals surface area (Å²) in [5.74, 6) is 0.00970. The van der Waals surface area contributed by atoms with Crippen molar-refractivity contribution in [2.75, 3.05) is 12.3 Å². The predicted octanol–water partition coefficient (Wildman–Crippen LogP) is 3.02. The van der Waals surface area contributed by atoms with E-state index in [9.17, 15) is 4.79 Å². The van der Waals surface area contributed by atoms with E-state index < -0.39 is 0 Å². The number of benzene rings is 1. The first-order valence-corrected chi connectivity index (χ1v) is 7.15. The highest BCUT2D eigenvalue weighted by Gasteiger charge is 2.16. The second-order valence-corrected chi connectivity index (χ2v) is 5.22. The number of rotatable bonds is 5. The van der Waals surface area contributed by atoms with Gasteiger partial charge < -0.3 is 10.6 Å². The van der Waals surface area contributed by atoms with Gasteiger partial charge in [0.05, 0.1) is 5.56 Å². The molecule has 2 N–H and O–H groups in total. The summed E-state index contributed by atoms with van der Waals surface area (Å²) in [4.78, 5) is 18.6. The normalized spacial score (nSPS) is 10.4. The average Bonchev–Trinajstić information content (AvgIpc) is 2.46. The lowest BCUT2D eigenvalue weighted by atomic mass is 10.1. The Bertz CT molecular complexity index is 625. The van der Waals surface area contributed by atoms with E-state index in [0.29, 0.717) is 24.3 Å². The van der Waals surface area contributed by atoms with E-state index >= 15 is 0 Å². The Kier molecular flexibility index (Phi) is 4.93. The summed E-state index contributed by atoms with van der Waals surface area (Å²) in [6, 6.07) is 9.52. The van der Waals surface area contributed by atoms with E-state index in [1.54, 1.807) is 12.4 Å². The number of nitrogens with zero attached hydrogens (tertiary/aromatic N) is 2. The van der Waals surface area contributed by atoms with E-state index in [1.165, 1.54) is 0 Å². The van der Waals surface area contributed by atoms with Gasteiger partial charge in [-0.3, -0.25) is 9.78 Å². The maximum Gasteiger partial charge on any atom is 0.255 e. The first-order chi connectivity index (χ1) is 10.1. The molecule has 0 aliphatic rings. The number of anilines is 1. The first-order valence-electron chi connectivity index (χ1n) is 7.15. The zero-order chi connectivity index (χ0) is 15.2. The highest BCUT2D eigenvalue weighted by atomic mass is 16.2. The minimum absolute atomic E-state index is 0.00970. The Hall–Kier alpha value is -2.36. The summed E-state index contributed by atoms with van der Waals surface area (Å²) < 4.78 is 0. The summed E-state index contributed by atoms with van der Waals surface area (Å²) in [5, 5.41) is 0. The lowest BCUT2D eigenvalue weighted by Gasteiger charge is -2.22. The summed E-state index contributed by atoms with van der Waals surface area (Å²) in [5.41, 5.74) is 9.18. The van der Waals surface area contributed by atoms with Crippen molar-refractivity contribution in [3.8, 4) is 0 Å². The quantitative estimate of drug-likeness (QED) is 0.858. The van der Waals surface area contributed by atoms with Gasteiger partial charge in [0.25, 0.3) is 5.91 Å². The van der Waals surface area contributed by atoms with Crippen LogP contribution in [0.3, 0.4) is 0 Å². The molecule has 1 aromatic carbocycles. The third-order valence-corrected chi connectivity index (χ3v) is 3.23. The maximum atomic E-state index is 12.6. The van der Waals surface area contributed by atoms with Crippen molar-refractivity contribution in [3.05, 3.63) is 59.4 Å². The first kappa shape index (κ1) is 15.0. The Balaban J connectivity index is 2.20. The van der Waals surface area contributed by atoms with Crippen molar-refractivity contribution in [2.45, 2.75) is 26.8 Å². The number of amides is 1. The topological polar surface area (TPSA) is 59.2 Å². The largest absolute Gasteiger partial charge is 0.399 e. The van der Waals surface area contributed by atoms with Crippen molar-refractivity contribution >= 4 is 11.6 Å². The van der Waals surface area contributed by atoms with Crippen molar-refractivity contribution < 1.29 is 4.79 Å². The van der Waals surface area contributed by atoms with Gasteiger partial charge in [0.1, 0.15) is 0 Å². The van der Waals surface area contributed by atoms with Crippen LogP contribution in [0.2, 0.25) is 0 Å². The van der Waals surface area contributed by atoms with E-state index in [0.717, 1.165) is 17.5 Å².